The van der Waals surface area contributed by atoms with E-state index < -0.39 is 23.1 Å². The monoisotopic (exact) mass is 543 g/mol. The van der Waals surface area contributed by atoms with E-state index in [-0.39, 0.29) is 28.7 Å². The Hall–Kier alpha value is -5.32. The molecule has 0 bridgehead atoms. The molecule has 0 radical (unpaired) electrons. The minimum atomic E-state index is -0.793. The molecule has 202 valence electrons. The fraction of sp³-hybridized carbons (Fsp3) is 0.103. The Kier molecular flexibility index (Phi) is 7.36. The summed E-state index contributed by atoms with van der Waals surface area (Å²) < 4.78 is 35.3. The number of carbonyl (C=O) groups excluding carboxylic acids is 2. The zero-order chi connectivity index (χ0) is 28.2. The van der Waals surface area contributed by atoms with Crippen LogP contribution < -0.4 is 20.9 Å². The SMILES string of the molecule is N=C/C=C1\NC=C(N2CCCC2=O)C=C1Oc1ccc(NC(=O)c2cccn(-c3ccc(F)cc3)c2=O)cc1F. The van der Waals surface area contributed by atoms with Gasteiger partial charge in [-0.3, -0.25) is 19.0 Å². The molecule has 2 aliphatic rings. The first-order chi connectivity index (χ1) is 19.3. The Morgan fingerprint density at radius 2 is 1.90 bits per heavy atom. The van der Waals surface area contributed by atoms with Crippen LogP contribution >= 0.6 is 0 Å². The number of carbonyl (C=O) groups is 2. The zero-order valence-corrected chi connectivity index (χ0v) is 21.0. The predicted molar refractivity (Wildman–Crippen MR) is 144 cm³/mol. The molecular formula is C29H23F2N5O4. The van der Waals surface area contributed by atoms with Gasteiger partial charge in [0.25, 0.3) is 11.5 Å². The third kappa shape index (κ3) is 5.44. The van der Waals surface area contributed by atoms with Gasteiger partial charge in [0, 0.05) is 55.1 Å². The van der Waals surface area contributed by atoms with Crippen molar-refractivity contribution >= 4 is 23.7 Å². The topological polar surface area (TPSA) is 117 Å². The van der Waals surface area contributed by atoms with Crippen LogP contribution in [0.5, 0.6) is 5.75 Å². The van der Waals surface area contributed by atoms with Crippen molar-refractivity contribution in [2.24, 2.45) is 0 Å². The number of anilines is 1. The molecule has 0 aliphatic carbocycles. The summed E-state index contributed by atoms with van der Waals surface area (Å²) in [7, 11) is 0. The van der Waals surface area contributed by atoms with Crippen molar-refractivity contribution < 1.29 is 23.1 Å². The maximum Gasteiger partial charge on any atom is 0.267 e. The van der Waals surface area contributed by atoms with Crippen LogP contribution in [-0.4, -0.2) is 34.0 Å². The smallest absolute Gasteiger partial charge is 0.267 e. The minimum absolute atomic E-state index is 0.0303. The van der Waals surface area contributed by atoms with E-state index in [1.54, 1.807) is 17.2 Å². The summed E-state index contributed by atoms with van der Waals surface area (Å²) in [6, 6.07) is 11.8. The maximum absolute atomic E-state index is 15.1. The second kappa shape index (κ2) is 11.2. The number of likely N-dealkylation sites (tertiary alicyclic amines) is 1. The fourth-order valence-electron chi connectivity index (χ4n) is 4.30. The molecule has 9 nitrogen and oxygen atoms in total. The van der Waals surface area contributed by atoms with Crippen molar-refractivity contribution in [2.75, 3.05) is 11.9 Å². The van der Waals surface area contributed by atoms with E-state index in [9.17, 15) is 18.8 Å². The van der Waals surface area contributed by atoms with Gasteiger partial charge in [-0.25, -0.2) is 8.78 Å². The number of hydrogen-bond donors (Lipinski definition) is 3. The Morgan fingerprint density at radius 1 is 1.10 bits per heavy atom. The molecule has 2 aliphatic heterocycles. The van der Waals surface area contributed by atoms with Crippen LogP contribution in [-0.2, 0) is 4.79 Å². The average molecular weight is 544 g/mol. The van der Waals surface area contributed by atoms with Crippen LogP contribution in [0.1, 0.15) is 23.2 Å². The number of benzene rings is 2. The van der Waals surface area contributed by atoms with Crippen molar-refractivity contribution in [3.05, 3.63) is 124 Å². The van der Waals surface area contributed by atoms with Gasteiger partial charge in [-0.1, -0.05) is 0 Å². The Balaban J connectivity index is 1.35. The highest BCUT2D eigenvalue weighted by Gasteiger charge is 2.26. The molecule has 2 aromatic carbocycles. The molecule has 3 N–H and O–H groups in total. The molecule has 1 saturated heterocycles. The first-order valence-electron chi connectivity index (χ1n) is 12.3. The molecule has 0 unspecified atom stereocenters. The van der Waals surface area contributed by atoms with Crippen molar-refractivity contribution in [1.82, 2.24) is 14.8 Å². The first-order valence-corrected chi connectivity index (χ1v) is 12.3. The molecule has 5 rings (SSSR count). The number of aromatic nitrogens is 1. The normalized spacial score (nSPS) is 15.8. The number of halogens is 2. The lowest BCUT2D eigenvalue weighted by molar-refractivity contribution is -0.125. The highest BCUT2D eigenvalue weighted by Crippen LogP contribution is 2.28. The van der Waals surface area contributed by atoms with Gasteiger partial charge in [0.2, 0.25) is 5.91 Å². The summed E-state index contributed by atoms with van der Waals surface area (Å²) in [5.41, 5.74) is 0.587. The quantitative estimate of drug-likeness (QED) is 0.386. The molecule has 0 saturated carbocycles. The first kappa shape index (κ1) is 26.3. The molecule has 3 aromatic rings. The van der Waals surface area contributed by atoms with Crippen molar-refractivity contribution in [3.8, 4) is 11.4 Å². The Labute approximate surface area is 227 Å². The van der Waals surface area contributed by atoms with Gasteiger partial charge in [0.1, 0.15) is 11.4 Å². The number of hydrogen-bond acceptors (Lipinski definition) is 6. The van der Waals surface area contributed by atoms with Gasteiger partial charge in [-0.2, -0.15) is 0 Å². The van der Waals surface area contributed by atoms with Crippen molar-refractivity contribution in [2.45, 2.75) is 12.8 Å². The van der Waals surface area contributed by atoms with E-state index >= 15 is 4.39 Å². The number of allylic oxidation sites excluding steroid dienone is 2. The standard InChI is InChI=1S/C29H23F2N5O4/c30-18-5-8-20(9-6-18)36-14-1-3-22(29(36)39)28(38)34-19-7-10-25(23(31)15-19)40-26-16-21(17-33-24(26)11-12-32)35-13-2-4-27(35)37/h1,3,5-12,14-17,32-33H,2,4,13H2,(H,34,38)/b24-11-,32-12?. The lowest BCUT2D eigenvalue weighted by Gasteiger charge is -2.24. The van der Waals surface area contributed by atoms with Crippen LogP contribution in [0.25, 0.3) is 5.69 Å². The second-order valence-corrected chi connectivity index (χ2v) is 8.89. The molecule has 11 heteroatoms. The van der Waals surface area contributed by atoms with Gasteiger partial charge < -0.3 is 25.7 Å². The summed E-state index contributed by atoms with van der Waals surface area (Å²) in [6.07, 6.45) is 8.30. The highest BCUT2D eigenvalue weighted by atomic mass is 19.1. The predicted octanol–water partition coefficient (Wildman–Crippen LogP) is 4.23. The van der Waals surface area contributed by atoms with Gasteiger partial charge in [-0.05, 0) is 61.0 Å². The van der Waals surface area contributed by atoms with E-state index in [0.717, 1.165) is 18.7 Å². The van der Waals surface area contributed by atoms with Crippen LogP contribution in [0.15, 0.2) is 101 Å². The van der Waals surface area contributed by atoms with Crippen molar-refractivity contribution in [1.29, 1.82) is 5.41 Å². The summed E-state index contributed by atoms with van der Waals surface area (Å²) >= 11 is 0. The van der Waals surface area contributed by atoms with Crippen LogP contribution in [0.2, 0.25) is 0 Å². The molecule has 3 heterocycles. The molecule has 1 fully saturated rings. The largest absolute Gasteiger partial charge is 0.452 e. The minimum Gasteiger partial charge on any atom is -0.452 e. The van der Waals surface area contributed by atoms with Gasteiger partial charge in [0.05, 0.1) is 11.4 Å². The summed E-state index contributed by atoms with van der Waals surface area (Å²) in [5.74, 6) is -2.00. The number of nitrogens with one attached hydrogen (secondary N) is 3. The number of amides is 2. The van der Waals surface area contributed by atoms with Gasteiger partial charge in [0.15, 0.2) is 17.3 Å². The molecule has 0 atom stereocenters. The average Bonchev–Trinajstić information content (AvgIpc) is 3.37. The second-order valence-electron chi connectivity index (χ2n) is 8.89. The van der Waals surface area contributed by atoms with Crippen molar-refractivity contribution in [3.63, 3.8) is 0 Å². The van der Waals surface area contributed by atoms with E-state index in [0.29, 0.717) is 30.0 Å². The fourth-order valence-corrected chi connectivity index (χ4v) is 4.30. The maximum atomic E-state index is 15.1. The van der Waals surface area contributed by atoms with E-state index in [1.165, 1.54) is 65.4 Å². The third-order valence-corrected chi connectivity index (χ3v) is 6.26. The number of rotatable bonds is 7. The number of dihydropyridines is 1. The lowest BCUT2D eigenvalue weighted by atomic mass is 10.2. The van der Waals surface area contributed by atoms with Gasteiger partial charge >= 0.3 is 0 Å². The van der Waals surface area contributed by atoms with E-state index in [2.05, 4.69) is 10.6 Å². The molecule has 40 heavy (non-hydrogen) atoms. The third-order valence-electron chi connectivity index (χ3n) is 6.26. The van der Waals surface area contributed by atoms with Crippen LogP contribution in [0.3, 0.4) is 0 Å². The molecule has 1 aromatic heterocycles. The van der Waals surface area contributed by atoms with E-state index in [4.69, 9.17) is 10.1 Å². The molecular weight excluding hydrogens is 520 g/mol. The number of nitrogens with zero attached hydrogens (tertiary/aromatic N) is 2. The lowest BCUT2D eigenvalue weighted by Crippen LogP contribution is -2.28. The molecule has 2 amide bonds. The highest BCUT2D eigenvalue weighted by molar-refractivity contribution is 6.04. The summed E-state index contributed by atoms with van der Waals surface area (Å²) in [4.78, 5) is 39.5. The number of pyridine rings is 1. The summed E-state index contributed by atoms with van der Waals surface area (Å²) in [6.45, 7) is 0.554. The van der Waals surface area contributed by atoms with Crippen LogP contribution in [0, 0.1) is 17.0 Å². The number of ether oxygens (including phenoxy) is 1. The Morgan fingerprint density at radius 3 is 2.60 bits per heavy atom. The summed E-state index contributed by atoms with van der Waals surface area (Å²) in [5, 5.41) is 12.9. The van der Waals surface area contributed by atoms with Crippen LogP contribution in [0.4, 0.5) is 14.5 Å². The zero-order valence-electron chi connectivity index (χ0n) is 21.0. The molecule has 0 spiro atoms. The van der Waals surface area contributed by atoms with Gasteiger partial charge in [-0.15, -0.1) is 0 Å². The Bertz CT molecular complexity index is 1660. The van der Waals surface area contributed by atoms with E-state index in [1.807, 2.05) is 0 Å².